The summed E-state index contributed by atoms with van der Waals surface area (Å²) in [5.74, 6) is 0. The number of aromatic nitrogens is 1. The molecule has 104 valence electrons. The lowest BCUT2D eigenvalue weighted by atomic mass is 10.0. The van der Waals surface area contributed by atoms with Crippen LogP contribution in [-0.2, 0) is 6.54 Å². The number of aryl methyl sites for hydroxylation is 1. The highest BCUT2D eigenvalue weighted by molar-refractivity contribution is 5.21. The molecule has 1 N–H and O–H groups in total. The zero-order valence-electron chi connectivity index (χ0n) is 11.9. The topological polar surface area (TPSA) is 28.2 Å². The summed E-state index contributed by atoms with van der Waals surface area (Å²) in [6.07, 6.45) is 3.90. The third-order valence-electron chi connectivity index (χ3n) is 3.86. The van der Waals surface area contributed by atoms with Crippen LogP contribution in [0, 0.1) is 6.92 Å². The maximum atomic E-state index is 4.31. The van der Waals surface area contributed by atoms with E-state index in [1.807, 2.05) is 12.4 Å². The molecular weight excluding hydrogens is 246 g/mol. The molecule has 1 saturated heterocycles. The predicted octanol–water partition coefficient (Wildman–Crippen LogP) is 2.54. The summed E-state index contributed by atoms with van der Waals surface area (Å²) in [6.45, 7) is 6.22. The Bertz CT molecular complexity index is 553. The van der Waals surface area contributed by atoms with Gasteiger partial charge in [-0.2, -0.15) is 0 Å². The average Bonchev–Trinajstić information content (AvgIpc) is 2.49. The van der Waals surface area contributed by atoms with Crippen LogP contribution in [0.5, 0.6) is 0 Å². The molecule has 0 saturated carbocycles. The molecule has 3 nitrogen and oxygen atoms in total. The largest absolute Gasteiger partial charge is 0.314 e. The molecule has 1 aliphatic rings. The molecule has 1 aromatic carbocycles. The van der Waals surface area contributed by atoms with Crippen LogP contribution in [0.15, 0.2) is 48.8 Å². The molecule has 2 aromatic rings. The van der Waals surface area contributed by atoms with Crippen molar-refractivity contribution in [2.45, 2.75) is 19.5 Å². The normalized spacial score (nSPS) is 19.9. The molecule has 2 heterocycles. The number of pyridine rings is 1. The molecule has 1 unspecified atom stereocenters. The van der Waals surface area contributed by atoms with Gasteiger partial charge in [0.2, 0.25) is 0 Å². The van der Waals surface area contributed by atoms with Gasteiger partial charge in [-0.05, 0) is 23.6 Å². The van der Waals surface area contributed by atoms with E-state index in [1.54, 1.807) is 0 Å². The molecule has 1 atom stereocenters. The highest BCUT2D eigenvalue weighted by atomic mass is 15.2. The molecule has 0 bridgehead atoms. The van der Waals surface area contributed by atoms with Gasteiger partial charge in [-0.25, -0.2) is 0 Å². The highest BCUT2D eigenvalue weighted by Gasteiger charge is 2.23. The Morgan fingerprint density at radius 3 is 2.90 bits per heavy atom. The molecule has 3 rings (SSSR count). The quantitative estimate of drug-likeness (QED) is 0.926. The lowest BCUT2D eigenvalue weighted by molar-refractivity contribution is 0.153. The minimum absolute atomic E-state index is 0.450. The maximum absolute atomic E-state index is 4.31. The van der Waals surface area contributed by atoms with Crippen LogP contribution in [0.4, 0.5) is 0 Å². The summed E-state index contributed by atoms with van der Waals surface area (Å²) >= 11 is 0. The first-order valence-electron chi connectivity index (χ1n) is 7.23. The molecule has 20 heavy (non-hydrogen) atoms. The molecule has 0 radical (unpaired) electrons. The number of rotatable bonds is 3. The van der Waals surface area contributed by atoms with Crippen LogP contribution >= 0.6 is 0 Å². The van der Waals surface area contributed by atoms with E-state index in [9.17, 15) is 0 Å². The van der Waals surface area contributed by atoms with E-state index in [1.165, 1.54) is 16.7 Å². The van der Waals surface area contributed by atoms with E-state index in [2.05, 4.69) is 58.5 Å². The maximum Gasteiger partial charge on any atom is 0.0476 e. The fraction of sp³-hybridized carbons (Fsp3) is 0.353. The Hall–Kier alpha value is -1.71. The van der Waals surface area contributed by atoms with Gasteiger partial charge in [0.15, 0.2) is 0 Å². The highest BCUT2D eigenvalue weighted by Crippen LogP contribution is 2.23. The van der Waals surface area contributed by atoms with Crippen LogP contribution in [0.2, 0.25) is 0 Å². The Morgan fingerprint density at radius 2 is 2.10 bits per heavy atom. The predicted molar refractivity (Wildman–Crippen MR) is 81.4 cm³/mol. The lowest BCUT2D eigenvalue weighted by Gasteiger charge is -2.36. The van der Waals surface area contributed by atoms with Crippen molar-refractivity contribution in [2.24, 2.45) is 0 Å². The van der Waals surface area contributed by atoms with Crippen LogP contribution < -0.4 is 5.32 Å². The van der Waals surface area contributed by atoms with Crippen molar-refractivity contribution in [1.29, 1.82) is 0 Å². The Balaban J connectivity index is 1.79. The Morgan fingerprint density at radius 1 is 1.25 bits per heavy atom. The molecule has 1 aliphatic heterocycles. The monoisotopic (exact) mass is 267 g/mol. The summed E-state index contributed by atoms with van der Waals surface area (Å²) in [6, 6.07) is 13.4. The van der Waals surface area contributed by atoms with Crippen LogP contribution in [-0.4, -0.2) is 29.5 Å². The zero-order chi connectivity index (χ0) is 13.8. The number of hydrogen-bond acceptors (Lipinski definition) is 3. The summed E-state index contributed by atoms with van der Waals surface area (Å²) in [5, 5.41) is 3.50. The van der Waals surface area contributed by atoms with Gasteiger partial charge in [-0.3, -0.25) is 9.88 Å². The Kier molecular flexibility index (Phi) is 4.09. The van der Waals surface area contributed by atoms with Crippen molar-refractivity contribution in [1.82, 2.24) is 15.2 Å². The molecule has 0 spiro atoms. The average molecular weight is 267 g/mol. The van der Waals surface area contributed by atoms with Gasteiger partial charge in [0, 0.05) is 44.6 Å². The van der Waals surface area contributed by atoms with E-state index < -0.39 is 0 Å². The summed E-state index contributed by atoms with van der Waals surface area (Å²) in [5.41, 5.74) is 3.92. The van der Waals surface area contributed by atoms with E-state index in [0.29, 0.717) is 6.04 Å². The van der Waals surface area contributed by atoms with Gasteiger partial charge in [-0.15, -0.1) is 0 Å². The minimum atomic E-state index is 0.450. The lowest BCUT2D eigenvalue weighted by Crippen LogP contribution is -2.45. The first kappa shape index (κ1) is 13.3. The van der Waals surface area contributed by atoms with E-state index >= 15 is 0 Å². The molecule has 0 amide bonds. The third-order valence-corrected chi connectivity index (χ3v) is 3.86. The van der Waals surface area contributed by atoms with Crippen molar-refractivity contribution < 1.29 is 0 Å². The van der Waals surface area contributed by atoms with Crippen molar-refractivity contribution in [3.05, 3.63) is 65.5 Å². The fourth-order valence-corrected chi connectivity index (χ4v) is 2.88. The number of benzene rings is 1. The van der Waals surface area contributed by atoms with Gasteiger partial charge >= 0.3 is 0 Å². The summed E-state index contributed by atoms with van der Waals surface area (Å²) < 4.78 is 0. The van der Waals surface area contributed by atoms with E-state index in [0.717, 1.165) is 26.2 Å². The van der Waals surface area contributed by atoms with Gasteiger partial charge in [0.1, 0.15) is 0 Å². The Labute approximate surface area is 120 Å². The zero-order valence-corrected chi connectivity index (χ0v) is 11.9. The summed E-state index contributed by atoms with van der Waals surface area (Å²) in [7, 11) is 0. The van der Waals surface area contributed by atoms with E-state index in [-0.39, 0.29) is 0 Å². The van der Waals surface area contributed by atoms with Gasteiger partial charge in [0.25, 0.3) is 0 Å². The third kappa shape index (κ3) is 3.06. The number of hydrogen-bond donors (Lipinski definition) is 1. The molecule has 1 fully saturated rings. The van der Waals surface area contributed by atoms with Crippen molar-refractivity contribution >= 4 is 0 Å². The second kappa shape index (κ2) is 6.16. The van der Waals surface area contributed by atoms with Gasteiger partial charge in [0.05, 0.1) is 0 Å². The van der Waals surface area contributed by atoms with Crippen LogP contribution in [0.1, 0.15) is 22.7 Å². The fourth-order valence-electron chi connectivity index (χ4n) is 2.88. The van der Waals surface area contributed by atoms with Gasteiger partial charge < -0.3 is 5.32 Å². The molecule has 1 aromatic heterocycles. The molecule has 0 aliphatic carbocycles. The minimum Gasteiger partial charge on any atom is -0.314 e. The van der Waals surface area contributed by atoms with Crippen LogP contribution in [0.3, 0.4) is 0 Å². The second-order valence-corrected chi connectivity index (χ2v) is 5.47. The van der Waals surface area contributed by atoms with Crippen molar-refractivity contribution in [3.8, 4) is 0 Å². The first-order valence-corrected chi connectivity index (χ1v) is 7.23. The SMILES string of the molecule is Cc1cncc(CN2CCNCC2c2ccccc2)c1. The van der Waals surface area contributed by atoms with Gasteiger partial charge in [-0.1, -0.05) is 36.4 Å². The number of nitrogens with one attached hydrogen (secondary N) is 1. The number of piperazine rings is 1. The van der Waals surface area contributed by atoms with Crippen molar-refractivity contribution in [3.63, 3.8) is 0 Å². The smallest absolute Gasteiger partial charge is 0.0476 e. The molecule has 3 heteroatoms. The van der Waals surface area contributed by atoms with Crippen LogP contribution in [0.25, 0.3) is 0 Å². The summed E-state index contributed by atoms with van der Waals surface area (Å²) in [4.78, 5) is 6.85. The second-order valence-electron chi connectivity index (χ2n) is 5.47. The standard InChI is InChI=1S/C17H21N3/c1-14-9-15(11-19-10-14)13-20-8-7-18-12-17(20)16-5-3-2-4-6-16/h2-6,9-11,17-18H,7-8,12-13H2,1H3. The number of nitrogens with zero attached hydrogens (tertiary/aromatic N) is 2. The van der Waals surface area contributed by atoms with E-state index in [4.69, 9.17) is 0 Å². The molecular formula is C17H21N3. The first-order chi connectivity index (χ1) is 9.83. The van der Waals surface area contributed by atoms with Crippen molar-refractivity contribution in [2.75, 3.05) is 19.6 Å².